The summed E-state index contributed by atoms with van der Waals surface area (Å²) in [4.78, 5) is 25.6. The quantitative estimate of drug-likeness (QED) is 0.754. The van der Waals surface area contributed by atoms with Gasteiger partial charge in [-0.25, -0.2) is 0 Å². The number of hydrogen-bond donors (Lipinski definition) is 1. The monoisotopic (exact) mass is 240 g/mol. The molecule has 1 heterocycles. The van der Waals surface area contributed by atoms with Crippen molar-refractivity contribution in [3.05, 3.63) is 0 Å². The van der Waals surface area contributed by atoms with Crippen molar-refractivity contribution in [1.82, 2.24) is 10.2 Å². The van der Waals surface area contributed by atoms with Crippen LogP contribution < -0.4 is 5.32 Å². The average molecular weight is 240 g/mol. The van der Waals surface area contributed by atoms with E-state index in [1.54, 1.807) is 25.9 Å². The summed E-state index contributed by atoms with van der Waals surface area (Å²) in [6.45, 7) is 3.53. The molecule has 1 aliphatic heterocycles. The Labute approximate surface area is 101 Å². The second-order valence-electron chi connectivity index (χ2n) is 4.98. The maximum Gasteiger partial charge on any atom is 0.245 e. The molecule has 0 spiro atoms. The highest BCUT2D eigenvalue weighted by molar-refractivity contribution is 5.96. The van der Waals surface area contributed by atoms with Gasteiger partial charge < -0.3 is 15.0 Å². The molecule has 0 radical (unpaired) electrons. The lowest BCUT2D eigenvalue weighted by atomic mass is 10.0. The number of rotatable bonds is 2. The van der Waals surface area contributed by atoms with Crippen LogP contribution in [0.2, 0.25) is 0 Å². The van der Waals surface area contributed by atoms with Gasteiger partial charge in [0.15, 0.2) is 0 Å². The normalized spacial score (nSPS) is 38.4. The van der Waals surface area contributed by atoms with Gasteiger partial charge in [0.05, 0.1) is 6.10 Å². The summed E-state index contributed by atoms with van der Waals surface area (Å²) in [5.41, 5.74) is 0. The summed E-state index contributed by atoms with van der Waals surface area (Å²) in [7, 11) is 1.70. The van der Waals surface area contributed by atoms with E-state index in [1.165, 1.54) is 0 Å². The van der Waals surface area contributed by atoms with E-state index in [-0.39, 0.29) is 30.0 Å². The van der Waals surface area contributed by atoms with Crippen LogP contribution in [0.5, 0.6) is 0 Å². The topological polar surface area (TPSA) is 58.6 Å². The molecule has 1 saturated heterocycles. The van der Waals surface area contributed by atoms with Gasteiger partial charge in [-0.2, -0.15) is 0 Å². The summed E-state index contributed by atoms with van der Waals surface area (Å²) in [5.74, 6) is -0.0307. The van der Waals surface area contributed by atoms with E-state index < -0.39 is 6.04 Å². The summed E-state index contributed by atoms with van der Waals surface area (Å²) in [5, 5.41) is 2.70. The SMILES string of the molecule is COC1CCC(N2C(=O)C(C)NC(=O)C2C)C1. The summed E-state index contributed by atoms with van der Waals surface area (Å²) in [6.07, 6.45) is 2.95. The van der Waals surface area contributed by atoms with Crippen LogP contribution in [0.1, 0.15) is 33.1 Å². The summed E-state index contributed by atoms with van der Waals surface area (Å²) in [6, 6.07) is -0.615. The molecule has 2 amide bonds. The van der Waals surface area contributed by atoms with E-state index >= 15 is 0 Å². The number of nitrogens with zero attached hydrogens (tertiary/aromatic N) is 1. The average Bonchev–Trinajstić information content (AvgIpc) is 2.75. The van der Waals surface area contributed by atoms with Gasteiger partial charge in [0.1, 0.15) is 12.1 Å². The lowest BCUT2D eigenvalue weighted by Crippen LogP contribution is -2.63. The zero-order valence-electron chi connectivity index (χ0n) is 10.6. The minimum atomic E-state index is -0.403. The van der Waals surface area contributed by atoms with Crippen molar-refractivity contribution in [2.24, 2.45) is 0 Å². The fraction of sp³-hybridized carbons (Fsp3) is 0.833. The maximum atomic E-state index is 12.1. The highest BCUT2D eigenvalue weighted by Crippen LogP contribution is 2.29. The van der Waals surface area contributed by atoms with Gasteiger partial charge in [0.2, 0.25) is 11.8 Å². The number of nitrogens with one attached hydrogen (secondary N) is 1. The minimum Gasteiger partial charge on any atom is -0.381 e. The lowest BCUT2D eigenvalue weighted by Gasteiger charge is -2.40. The molecule has 2 fully saturated rings. The van der Waals surface area contributed by atoms with Crippen LogP contribution in [0, 0.1) is 0 Å². The van der Waals surface area contributed by atoms with Gasteiger partial charge in [-0.15, -0.1) is 0 Å². The molecule has 1 saturated carbocycles. The third kappa shape index (κ3) is 2.16. The molecule has 0 bridgehead atoms. The molecule has 1 N–H and O–H groups in total. The first-order valence-electron chi connectivity index (χ1n) is 6.20. The fourth-order valence-electron chi connectivity index (χ4n) is 2.82. The van der Waals surface area contributed by atoms with Crippen LogP contribution in [-0.2, 0) is 14.3 Å². The zero-order chi connectivity index (χ0) is 12.6. The first kappa shape index (κ1) is 12.4. The Balaban J connectivity index is 2.12. The Morgan fingerprint density at radius 3 is 2.59 bits per heavy atom. The van der Waals surface area contributed by atoms with E-state index in [1.807, 2.05) is 0 Å². The molecule has 0 aromatic rings. The van der Waals surface area contributed by atoms with Gasteiger partial charge in [-0.1, -0.05) is 0 Å². The minimum absolute atomic E-state index is 0.0267. The first-order valence-corrected chi connectivity index (χ1v) is 6.20. The number of methoxy groups -OCH3 is 1. The smallest absolute Gasteiger partial charge is 0.245 e. The van der Waals surface area contributed by atoms with E-state index in [9.17, 15) is 9.59 Å². The van der Waals surface area contributed by atoms with E-state index in [4.69, 9.17) is 4.74 Å². The van der Waals surface area contributed by atoms with Crippen LogP contribution in [-0.4, -0.2) is 48.1 Å². The van der Waals surface area contributed by atoms with Crippen molar-refractivity contribution in [3.63, 3.8) is 0 Å². The molecule has 5 heteroatoms. The Morgan fingerprint density at radius 2 is 2.00 bits per heavy atom. The highest BCUT2D eigenvalue weighted by atomic mass is 16.5. The largest absolute Gasteiger partial charge is 0.381 e. The predicted octanol–water partition coefficient (Wildman–Crippen LogP) is 0.289. The Hall–Kier alpha value is -1.10. The molecule has 0 aromatic carbocycles. The molecule has 4 atom stereocenters. The van der Waals surface area contributed by atoms with E-state index in [2.05, 4.69) is 5.32 Å². The molecule has 5 nitrogen and oxygen atoms in total. The van der Waals surface area contributed by atoms with Gasteiger partial charge in [-0.3, -0.25) is 9.59 Å². The molecular weight excluding hydrogens is 220 g/mol. The number of carbonyl (C=O) groups is 2. The zero-order valence-corrected chi connectivity index (χ0v) is 10.6. The molecular formula is C12H20N2O3. The number of piperazine rings is 1. The molecule has 1 aliphatic carbocycles. The molecule has 2 rings (SSSR count). The highest BCUT2D eigenvalue weighted by Gasteiger charge is 2.42. The first-order chi connectivity index (χ1) is 8.04. The van der Waals surface area contributed by atoms with Crippen molar-refractivity contribution in [2.75, 3.05) is 7.11 Å². The van der Waals surface area contributed by atoms with Crippen molar-refractivity contribution in [3.8, 4) is 0 Å². The van der Waals surface area contributed by atoms with Crippen LogP contribution in [0.25, 0.3) is 0 Å². The molecule has 2 aliphatic rings. The van der Waals surface area contributed by atoms with E-state index in [0.29, 0.717) is 0 Å². The van der Waals surface area contributed by atoms with Crippen molar-refractivity contribution in [1.29, 1.82) is 0 Å². The Kier molecular flexibility index (Phi) is 3.38. The standard InChI is InChI=1S/C12H20N2O3/c1-7-12(16)14(8(2)11(15)13-7)9-4-5-10(6-9)17-3/h7-10H,4-6H2,1-3H3,(H,13,15). The fourth-order valence-corrected chi connectivity index (χ4v) is 2.82. The number of ether oxygens (including phenoxy) is 1. The maximum absolute atomic E-state index is 12.1. The van der Waals surface area contributed by atoms with Crippen molar-refractivity contribution < 1.29 is 14.3 Å². The van der Waals surface area contributed by atoms with Crippen molar-refractivity contribution >= 4 is 11.8 Å². The molecule has 4 unspecified atom stereocenters. The molecule has 96 valence electrons. The van der Waals surface area contributed by atoms with Crippen LogP contribution in [0.3, 0.4) is 0 Å². The summed E-state index contributed by atoms with van der Waals surface area (Å²) < 4.78 is 5.32. The second kappa shape index (κ2) is 4.64. The van der Waals surface area contributed by atoms with Gasteiger partial charge in [0, 0.05) is 13.2 Å². The lowest BCUT2D eigenvalue weighted by molar-refractivity contribution is -0.150. The predicted molar refractivity (Wildman–Crippen MR) is 62.3 cm³/mol. The Bertz CT molecular complexity index is 332. The van der Waals surface area contributed by atoms with Gasteiger partial charge >= 0.3 is 0 Å². The third-order valence-corrected chi connectivity index (χ3v) is 3.86. The molecule has 17 heavy (non-hydrogen) atoms. The molecule has 0 aromatic heterocycles. The van der Waals surface area contributed by atoms with E-state index in [0.717, 1.165) is 19.3 Å². The number of amides is 2. The van der Waals surface area contributed by atoms with Crippen molar-refractivity contribution in [2.45, 2.75) is 57.3 Å². The van der Waals surface area contributed by atoms with Gasteiger partial charge in [-0.05, 0) is 33.1 Å². The van der Waals surface area contributed by atoms with Crippen LogP contribution >= 0.6 is 0 Å². The number of hydrogen-bond acceptors (Lipinski definition) is 3. The van der Waals surface area contributed by atoms with Crippen LogP contribution in [0.15, 0.2) is 0 Å². The van der Waals surface area contributed by atoms with Gasteiger partial charge in [0.25, 0.3) is 0 Å². The Morgan fingerprint density at radius 1 is 1.29 bits per heavy atom. The number of carbonyl (C=O) groups excluding carboxylic acids is 2. The van der Waals surface area contributed by atoms with Crippen LogP contribution in [0.4, 0.5) is 0 Å². The third-order valence-electron chi connectivity index (χ3n) is 3.86. The summed E-state index contributed by atoms with van der Waals surface area (Å²) >= 11 is 0. The second-order valence-corrected chi connectivity index (χ2v) is 4.98.